The molecule has 0 spiro atoms. The zero-order chi connectivity index (χ0) is 14.8. The van der Waals surface area contributed by atoms with Crippen LogP contribution in [-0.4, -0.2) is 56.1 Å². The summed E-state index contributed by atoms with van der Waals surface area (Å²) < 4.78 is 2.14. The zero-order valence-corrected chi connectivity index (χ0v) is 15.9. The van der Waals surface area contributed by atoms with Crippen LogP contribution in [0.15, 0.2) is 0 Å². The van der Waals surface area contributed by atoms with E-state index in [1.165, 1.54) is 25.7 Å². The summed E-state index contributed by atoms with van der Waals surface area (Å²) in [5.41, 5.74) is 0. The molecule has 0 amide bonds. The number of rotatable bonds is 6. The fourth-order valence-corrected chi connectivity index (χ4v) is 4.67. The van der Waals surface area contributed by atoms with E-state index in [9.17, 15) is 0 Å². The molecule has 1 fully saturated rings. The Hall–Kier alpha value is 0.480. The lowest BCUT2D eigenvalue weighted by atomic mass is 10.4. The third kappa shape index (κ3) is 6.96. The van der Waals surface area contributed by atoms with Crippen LogP contribution >= 0.6 is 48.0 Å². The van der Waals surface area contributed by atoms with Crippen molar-refractivity contribution < 1.29 is 0 Å². The maximum atomic E-state index is 5.51. The topological polar surface area (TPSA) is 6.48 Å². The summed E-state index contributed by atoms with van der Waals surface area (Å²) in [6, 6.07) is 0. The lowest BCUT2D eigenvalue weighted by Crippen LogP contribution is -2.48. The molecule has 0 bridgehead atoms. The number of thiocarbonyl (C=S) groups is 2. The van der Waals surface area contributed by atoms with Gasteiger partial charge in [-0.15, -0.1) is 0 Å². The molecule has 0 aliphatic carbocycles. The molecule has 0 aromatic rings. The maximum absolute atomic E-state index is 5.51. The molecule has 0 unspecified atom stereocenters. The summed E-state index contributed by atoms with van der Waals surface area (Å²) in [5.74, 6) is 2.31. The fraction of sp³-hybridized carbons (Fsp3) is 0.857. The molecule has 1 saturated heterocycles. The molecule has 1 heterocycles. The van der Waals surface area contributed by atoms with Crippen molar-refractivity contribution in [2.75, 3.05) is 37.7 Å². The third-order valence-electron chi connectivity index (χ3n) is 3.24. The minimum absolute atomic E-state index is 1.02. The Morgan fingerprint density at radius 2 is 1.15 bits per heavy atom. The molecule has 0 aromatic heterocycles. The monoisotopic (exact) mass is 350 g/mol. The van der Waals surface area contributed by atoms with Crippen molar-refractivity contribution in [3.8, 4) is 0 Å². The van der Waals surface area contributed by atoms with Gasteiger partial charge < -0.3 is 9.80 Å². The fourth-order valence-electron chi connectivity index (χ4n) is 1.86. The molecular weight excluding hydrogens is 324 g/mol. The van der Waals surface area contributed by atoms with Gasteiger partial charge in [0, 0.05) is 37.7 Å². The van der Waals surface area contributed by atoms with E-state index in [1.807, 2.05) is 23.5 Å². The molecule has 0 saturated carbocycles. The van der Waals surface area contributed by atoms with Crippen molar-refractivity contribution in [3.63, 3.8) is 0 Å². The highest BCUT2D eigenvalue weighted by atomic mass is 32.2. The summed E-state index contributed by atoms with van der Waals surface area (Å²) in [6.07, 6.45) is 4.99. The first kappa shape index (κ1) is 18.5. The van der Waals surface area contributed by atoms with Crippen LogP contribution in [0.3, 0.4) is 0 Å². The Bertz CT molecular complexity index is 272. The highest BCUT2D eigenvalue weighted by Gasteiger charge is 2.20. The summed E-state index contributed by atoms with van der Waals surface area (Å²) in [6.45, 7) is 8.52. The molecule has 1 aliphatic rings. The number of hydrogen-bond acceptors (Lipinski definition) is 4. The SMILES string of the molecule is CCCCSC(=S)N1CCN(C(=S)SCCCC)CC1. The minimum Gasteiger partial charge on any atom is -0.354 e. The Balaban J connectivity index is 2.21. The lowest BCUT2D eigenvalue weighted by molar-refractivity contribution is 0.271. The molecule has 0 N–H and O–H groups in total. The maximum Gasteiger partial charge on any atom is 0.136 e. The Labute approximate surface area is 143 Å². The van der Waals surface area contributed by atoms with Gasteiger partial charge in [0.1, 0.15) is 8.64 Å². The van der Waals surface area contributed by atoms with Gasteiger partial charge >= 0.3 is 0 Å². The van der Waals surface area contributed by atoms with Gasteiger partial charge in [-0.3, -0.25) is 0 Å². The van der Waals surface area contributed by atoms with Crippen molar-refractivity contribution in [2.45, 2.75) is 39.5 Å². The largest absolute Gasteiger partial charge is 0.354 e. The van der Waals surface area contributed by atoms with Crippen molar-refractivity contribution in [3.05, 3.63) is 0 Å². The average molecular weight is 351 g/mol. The van der Waals surface area contributed by atoms with Gasteiger partial charge in [-0.05, 0) is 12.8 Å². The van der Waals surface area contributed by atoms with Crippen LogP contribution in [0, 0.1) is 0 Å². The molecule has 1 rings (SSSR count). The number of nitrogens with zero attached hydrogens (tertiary/aromatic N) is 2. The Kier molecular flexibility index (Phi) is 10.3. The van der Waals surface area contributed by atoms with Crippen LogP contribution in [-0.2, 0) is 0 Å². The molecule has 2 nitrogen and oxygen atoms in total. The molecule has 20 heavy (non-hydrogen) atoms. The van der Waals surface area contributed by atoms with Crippen molar-refractivity contribution >= 4 is 56.6 Å². The van der Waals surface area contributed by atoms with Gasteiger partial charge in [-0.1, -0.05) is 74.6 Å². The first-order valence-corrected chi connectivity index (χ1v) is 10.3. The van der Waals surface area contributed by atoms with E-state index in [2.05, 4.69) is 23.6 Å². The van der Waals surface area contributed by atoms with E-state index in [-0.39, 0.29) is 0 Å². The van der Waals surface area contributed by atoms with Crippen LogP contribution in [0.1, 0.15) is 39.5 Å². The number of unbranched alkanes of at least 4 members (excludes halogenated alkanes) is 2. The summed E-state index contributed by atoms with van der Waals surface area (Å²) in [4.78, 5) is 4.68. The van der Waals surface area contributed by atoms with Crippen LogP contribution in [0.2, 0.25) is 0 Å². The van der Waals surface area contributed by atoms with E-state index in [4.69, 9.17) is 24.4 Å². The summed E-state index contributed by atoms with van der Waals surface area (Å²) in [5, 5.41) is 0. The average Bonchev–Trinajstić information content (AvgIpc) is 2.47. The van der Waals surface area contributed by atoms with Crippen molar-refractivity contribution in [1.82, 2.24) is 9.80 Å². The van der Waals surface area contributed by atoms with Gasteiger partial charge in [0.15, 0.2) is 0 Å². The smallest absolute Gasteiger partial charge is 0.136 e. The van der Waals surface area contributed by atoms with Gasteiger partial charge in [0.2, 0.25) is 0 Å². The number of hydrogen-bond donors (Lipinski definition) is 0. The van der Waals surface area contributed by atoms with Gasteiger partial charge in [0.05, 0.1) is 0 Å². The molecule has 0 atom stereocenters. The van der Waals surface area contributed by atoms with E-state index in [0.29, 0.717) is 0 Å². The zero-order valence-electron chi connectivity index (χ0n) is 12.6. The molecule has 1 aliphatic heterocycles. The van der Waals surface area contributed by atoms with Crippen molar-refractivity contribution in [2.24, 2.45) is 0 Å². The Morgan fingerprint density at radius 1 is 0.800 bits per heavy atom. The van der Waals surface area contributed by atoms with Crippen LogP contribution in [0.25, 0.3) is 0 Å². The van der Waals surface area contributed by atoms with E-state index in [1.54, 1.807) is 0 Å². The van der Waals surface area contributed by atoms with Crippen LogP contribution in [0.4, 0.5) is 0 Å². The second-order valence-corrected chi connectivity index (χ2v) is 8.37. The van der Waals surface area contributed by atoms with Gasteiger partial charge in [-0.2, -0.15) is 0 Å². The van der Waals surface area contributed by atoms with Crippen LogP contribution in [0.5, 0.6) is 0 Å². The molecule has 116 valence electrons. The van der Waals surface area contributed by atoms with Gasteiger partial charge in [-0.25, -0.2) is 0 Å². The van der Waals surface area contributed by atoms with E-state index in [0.717, 1.165) is 46.3 Å². The molecule has 0 radical (unpaired) electrons. The minimum atomic E-state index is 1.02. The van der Waals surface area contributed by atoms with E-state index < -0.39 is 0 Å². The summed E-state index contributed by atoms with van der Waals surface area (Å²) in [7, 11) is 0. The normalized spacial score (nSPS) is 15.5. The molecule has 6 heteroatoms. The van der Waals surface area contributed by atoms with E-state index >= 15 is 0 Å². The predicted octanol–water partition coefficient (Wildman–Crippen LogP) is 4.24. The molecule has 0 aromatic carbocycles. The quantitative estimate of drug-likeness (QED) is 0.518. The number of thioether (sulfide) groups is 2. The highest BCUT2D eigenvalue weighted by molar-refractivity contribution is 8.23. The second kappa shape index (κ2) is 11.1. The molecular formula is C14H26N2S4. The number of piperazine rings is 1. The highest BCUT2D eigenvalue weighted by Crippen LogP contribution is 2.17. The van der Waals surface area contributed by atoms with Crippen LogP contribution < -0.4 is 0 Å². The predicted molar refractivity (Wildman–Crippen MR) is 103 cm³/mol. The second-order valence-electron chi connectivity index (χ2n) is 4.91. The van der Waals surface area contributed by atoms with Crippen molar-refractivity contribution in [1.29, 1.82) is 0 Å². The summed E-state index contributed by atoms with van der Waals surface area (Å²) >= 11 is 14.7. The Morgan fingerprint density at radius 3 is 1.45 bits per heavy atom. The van der Waals surface area contributed by atoms with Gasteiger partial charge in [0.25, 0.3) is 0 Å². The standard InChI is InChI=1S/C14H26N2S4/c1-3-5-11-19-13(17)15-7-9-16(10-8-15)14(18)20-12-6-4-2/h3-12H2,1-2H3. The lowest BCUT2D eigenvalue weighted by Gasteiger charge is -2.37. The first-order chi connectivity index (χ1) is 9.69. The third-order valence-corrected chi connectivity index (χ3v) is 6.46. The first-order valence-electron chi connectivity index (χ1n) is 7.52.